The van der Waals surface area contributed by atoms with Gasteiger partial charge >= 0.3 is 0 Å². The number of guanidine groups is 1. The summed E-state index contributed by atoms with van der Waals surface area (Å²) in [5.74, 6) is 0.942. The third-order valence-corrected chi connectivity index (χ3v) is 3.62. The maximum Gasteiger partial charge on any atom is 0.193 e. The summed E-state index contributed by atoms with van der Waals surface area (Å²) in [5.41, 5.74) is 3.79. The molecule has 2 rings (SSSR count). The highest BCUT2D eigenvalue weighted by Crippen LogP contribution is 2.06. The second kappa shape index (κ2) is 8.93. The number of pyridine rings is 1. The van der Waals surface area contributed by atoms with Crippen molar-refractivity contribution in [3.05, 3.63) is 65.5 Å². The molecule has 0 spiro atoms. The van der Waals surface area contributed by atoms with Gasteiger partial charge in [0.2, 0.25) is 0 Å². The van der Waals surface area contributed by atoms with E-state index in [1.807, 2.05) is 12.3 Å². The highest BCUT2D eigenvalue weighted by Gasteiger charge is 2.06. The number of rotatable bonds is 6. The molecule has 1 heterocycles. The maximum absolute atomic E-state index is 4.73. The van der Waals surface area contributed by atoms with Gasteiger partial charge in [0.1, 0.15) is 0 Å². The van der Waals surface area contributed by atoms with Gasteiger partial charge in [0, 0.05) is 39.1 Å². The topological polar surface area (TPSA) is 40.5 Å². The van der Waals surface area contributed by atoms with Gasteiger partial charge < -0.3 is 10.2 Å². The van der Waals surface area contributed by atoms with Crippen molar-refractivity contribution in [2.75, 3.05) is 20.1 Å². The smallest absolute Gasteiger partial charge is 0.193 e. The quantitative estimate of drug-likeness (QED) is 0.658. The van der Waals surface area contributed by atoms with Gasteiger partial charge in [0.15, 0.2) is 5.96 Å². The van der Waals surface area contributed by atoms with Gasteiger partial charge in [-0.3, -0.25) is 9.98 Å². The van der Waals surface area contributed by atoms with E-state index < -0.39 is 0 Å². The Morgan fingerprint density at radius 1 is 1.17 bits per heavy atom. The fourth-order valence-electron chi connectivity index (χ4n) is 2.35. The molecule has 23 heavy (non-hydrogen) atoms. The van der Waals surface area contributed by atoms with Crippen molar-refractivity contribution in [1.29, 1.82) is 0 Å². The number of nitrogens with zero attached hydrogens (tertiary/aromatic N) is 3. The molecular weight excluding hydrogens is 284 g/mol. The number of hydrogen-bond acceptors (Lipinski definition) is 2. The summed E-state index contributed by atoms with van der Waals surface area (Å²) in [6.45, 7) is 6.67. The minimum Gasteiger partial charge on any atom is -0.357 e. The van der Waals surface area contributed by atoms with Crippen molar-refractivity contribution < 1.29 is 0 Å². The van der Waals surface area contributed by atoms with Crippen LogP contribution in [0, 0.1) is 6.92 Å². The summed E-state index contributed by atoms with van der Waals surface area (Å²) < 4.78 is 0. The zero-order valence-electron chi connectivity index (χ0n) is 14.3. The Bertz CT molecular complexity index is 605. The Morgan fingerprint density at radius 2 is 1.96 bits per heavy atom. The highest BCUT2D eigenvalue weighted by atomic mass is 15.3. The molecule has 1 N–H and O–H groups in total. The molecule has 0 aliphatic rings. The monoisotopic (exact) mass is 310 g/mol. The molecule has 0 amide bonds. The number of aliphatic imine (C=N–C) groups is 1. The van der Waals surface area contributed by atoms with Gasteiger partial charge in [0.05, 0.1) is 0 Å². The molecule has 0 atom stereocenters. The lowest BCUT2D eigenvalue weighted by molar-refractivity contribution is 0.477. The molecule has 1 aromatic carbocycles. The molecule has 0 radical (unpaired) electrons. The summed E-state index contributed by atoms with van der Waals surface area (Å²) in [6.07, 6.45) is 4.60. The number of benzene rings is 1. The van der Waals surface area contributed by atoms with Crippen LogP contribution in [0.4, 0.5) is 0 Å². The Hall–Kier alpha value is -2.36. The van der Waals surface area contributed by atoms with Crippen molar-refractivity contribution in [2.45, 2.75) is 26.8 Å². The molecular formula is C19H26N4. The average Bonchev–Trinajstić information content (AvgIpc) is 2.57. The molecule has 0 saturated heterocycles. The van der Waals surface area contributed by atoms with Gasteiger partial charge in [-0.15, -0.1) is 0 Å². The summed E-state index contributed by atoms with van der Waals surface area (Å²) in [5, 5.41) is 3.36. The predicted octanol–water partition coefficient (Wildman–Crippen LogP) is 3.03. The minimum absolute atomic E-state index is 0.756. The second-order valence-corrected chi connectivity index (χ2v) is 5.69. The SMILES string of the molecule is CCNC(=NCCc1cccnc1)N(C)Cc1ccc(C)cc1. The van der Waals surface area contributed by atoms with E-state index in [9.17, 15) is 0 Å². The fraction of sp³-hybridized carbons (Fsp3) is 0.368. The lowest BCUT2D eigenvalue weighted by atomic mass is 10.1. The first kappa shape index (κ1) is 17.0. The van der Waals surface area contributed by atoms with Crippen LogP contribution in [0.3, 0.4) is 0 Å². The first-order valence-electron chi connectivity index (χ1n) is 8.13. The molecule has 1 aromatic heterocycles. The van der Waals surface area contributed by atoms with Gasteiger partial charge in [-0.25, -0.2) is 0 Å². The maximum atomic E-state index is 4.73. The van der Waals surface area contributed by atoms with Gasteiger partial charge in [0.25, 0.3) is 0 Å². The van der Waals surface area contributed by atoms with Gasteiger partial charge in [-0.2, -0.15) is 0 Å². The molecule has 0 aliphatic carbocycles. The second-order valence-electron chi connectivity index (χ2n) is 5.69. The summed E-state index contributed by atoms with van der Waals surface area (Å²) >= 11 is 0. The van der Waals surface area contributed by atoms with Crippen molar-refractivity contribution in [3.63, 3.8) is 0 Å². The number of aromatic nitrogens is 1. The minimum atomic E-state index is 0.756. The standard InChI is InChI=1S/C19H26N4/c1-4-21-19(22-13-11-17-6-5-12-20-14-17)23(3)15-18-9-7-16(2)8-10-18/h5-10,12,14H,4,11,13,15H2,1-3H3,(H,21,22). The number of aryl methyl sites for hydroxylation is 1. The number of hydrogen-bond donors (Lipinski definition) is 1. The first-order valence-corrected chi connectivity index (χ1v) is 8.13. The normalized spacial score (nSPS) is 11.3. The van der Waals surface area contributed by atoms with Crippen LogP contribution in [0.1, 0.15) is 23.6 Å². The van der Waals surface area contributed by atoms with Crippen LogP contribution in [-0.4, -0.2) is 36.0 Å². The predicted molar refractivity (Wildman–Crippen MR) is 96.6 cm³/mol. The van der Waals surface area contributed by atoms with Crippen molar-refractivity contribution in [3.8, 4) is 0 Å². The third-order valence-electron chi connectivity index (χ3n) is 3.62. The summed E-state index contributed by atoms with van der Waals surface area (Å²) in [4.78, 5) is 11.0. The van der Waals surface area contributed by atoms with Crippen LogP contribution in [0.25, 0.3) is 0 Å². The van der Waals surface area contributed by atoms with E-state index in [0.29, 0.717) is 0 Å². The van der Waals surface area contributed by atoms with Crippen LogP contribution in [0.15, 0.2) is 53.8 Å². The van der Waals surface area contributed by atoms with Crippen LogP contribution in [0.5, 0.6) is 0 Å². The molecule has 122 valence electrons. The molecule has 0 aliphatic heterocycles. The van der Waals surface area contributed by atoms with E-state index >= 15 is 0 Å². The molecule has 0 fully saturated rings. The first-order chi connectivity index (χ1) is 11.2. The third kappa shape index (κ3) is 5.74. The van der Waals surface area contributed by atoms with Gasteiger partial charge in [-0.05, 0) is 37.5 Å². The van der Waals surface area contributed by atoms with E-state index in [0.717, 1.165) is 32.0 Å². The lowest BCUT2D eigenvalue weighted by Gasteiger charge is -2.22. The molecule has 0 bridgehead atoms. The zero-order chi connectivity index (χ0) is 16.5. The molecule has 0 saturated carbocycles. The Balaban J connectivity index is 1.95. The average molecular weight is 310 g/mol. The van der Waals surface area contributed by atoms with Crippen molar-refractivity contribution in [2.24, 2.45) is 4.99 Å². The molecule has 0 unspecified atom stereocenters. The van der Waals surface area contributed by atoms with Crippen LogP contribution < -0.4 is 5.32 Å². The van der Waals surface area contributed by atoms with Crippen LogP contribution in [0.2, 0.25) is 0 Å². The Morgan fingerprint density at radius 3 is 2.61 bits per heavy atom. The van der Waals surface area contributed by atoms with E-state index in [1.165, 1.54) is 16.7 Å². The molecule has 2 aromatic rings. The van der Waals surface area contributed by atoms with E-state index in [1.54, 1.807) is 6.20 Å². The van der Waals surface area contributed by atoms with Crippen LogP contribution in [-0.2, 0) is 13.0 Å². The Labute approximate surface area is 139 Å². The lowest BCUT2D eigenvalue weighted by Crippen LogP contribution is -2.38. The summed E-state index contributed by atoms with van der Waals surface area (Å²) in [7, 11) is 2.07. The highest BCUT2D eigenvalue weighted by molar-refractivity contribution is 5.79. The van der Waals surface area contributed by atoms with E-state index in [4.69, 9.17) is 4.99 Å². The van der Waals surface area contributed by atoms with Crippen LogP contribution >= 0.6 is 0 Å². The van der Waals surface area contributed by atoms with Gasteiger partial charge in [-0.1, -0.05) is 35.9 Å². The number of nitrogens with one attached hydrogen (secondary N) is 1. The fourth-order valence-corrected chi connectivity index (χ4v) is 2.35. The molecule has 4 nitrogen and oxygen atoms in total. The van der Waals surface area contributed by atoms with Crippen molar-refractivity contribution in [1.82, 2.24) is 15.2 Å². The Kier molecular flexibility index (Phi) is 6.60. The molecule has 4 heteroatoms. The summed E-state index contributed by atoms with van der Waals surface area (Å²) in [6, 6.07) is 12.7. The zero-order valence-corrected chi connectivity index (χ0v) is 14.3. The van der Waals surface area contributed by atoms with Crippen molar-refractivity contribution >= 4 is 5.96 Å². The largest absolute Gasteiger partial charge is 0.357 e. The van der Waals surface area contributed by atoms with E-state index in [2.05, 4.69) is 66.4 Å². The van der Waals surface area contributed by atoms with E-state index in [-0.39, 0.29) is 0 Å².